The van der Waals surface area contributed by atoms with Crippen molar-refractivity contribution in [1.82, 2.24) is 5.32 Å². The molecule has 1 aliphatic carbocycles. The third kappa shape index (κ3) is 3.43. The van der Waals surface area contributed by atoms with Gasteiger partial charge in [-0.1, -0.05) is 19.8 Å². The fourth-order valence-electron chi connectivity index (χ4n) is 2.87. The first-order valence-corrected chi connectivity index (χ1v) is 7.64. The van der Waals surface area contributed by atoms with E-state index < -0.39 is 23.2 Å². The van der Waals surface area contributed by atoms with Crippen LogP contribution in [0.3, 0.4) is 0 Å². The van der Waals surface area contributed by atoms with Gasteiger partial charge in [0, 0.05) is 4.47 Å². The first-order valence-electron chi connectivity index (χ1n) is 6.85. The number of amides is 1. The first kappa shape index (κ1) is 15.9. The number of hydrogen-bond donors (Lipinski definition) is 2. The first-order chi connectivity index (χ1) is 9.84. The number of carboxylic acids is 1. The van der Waals surface area contributed by atoms with Crippen LogP contribution in [0.2, 0.25) is 0 Å². The van der Waals surface area contributed by atoms with Crippen LogP contribution < -0.4 is 5.32 Å². The average molecular weight is 358 g/mol. The van der Waals surface area contributed by atoms with Crippen LogP contribution in [0.1, 0.15) is 43.0 Å². The van der Waals surface area contributed by atoms with Crippen molar-refractivity contribution in [2.45, 2.75) is 38.1 Å². The summed E-state index contributed by atoms with van der Waals surface area (Å²) in [7, 11) is 0. The Morgan fingerprint density at radius 2 is 2.19 bits per heavy atom. The van der Waals surface area contributed by atoms with E-state index >= 15 is 0 Å². The topological polar surface area (TPSA) is 66.4 Å². The molecule has 1 aliphatic rings. The predicted octanol–water partition coefficient (Wildman–Crippen LogP) is 3.35. The molecule has 1 aromatic carbocycles. The number of benzene rings is 1. The van der Waals surface area contributed by atoms with Crippen molar-refractivity contribution in [1.29, 1.82) is 0 Å². The monoisotopic (exact) mass is 357 g/mol. The minimum absolute atomic E-state index is 0.105. The average Bonchev–Trinajstić information content (AvgIpc) is 2.41. The summed E-state index contributed by atoms with van der Waals surface area (Å²) < 4.78 is 13.7. The van der Waals surface area contributed by atoms with Gasteiger partial charge >= 0.3 is 5.97 Å². The molecule has 1 saturated carbocycles. The highest BCUT2D eigenvalue weighted by molar-refractivity contribution is 9.10. The highest BCUT2D eigenvalue weighted by atomic mass is 79.9. The molecule has 0 aliphatic heterocycles. The Hall–Kier alpha value is -1.43. The summed E-state index contributed by atoms with van der Waals surface area (Å²) in [6.07, 6.45) is 2.49. The number of carbonyl (C=O) groups is 2. The Labute approximate surface area is 130 Å². The fraction of sp³-hybridized carbons (Fsp3) is 0.467. The van der Waals surface area contributed by atoms with E-state index in [1.807, 2.05) is 6.92 Å². The van der Waals surface area contributed by atoms with Crippen molar-refractivity contribution in [3.63, 3.8) is 0 Å². The van der Waals surface area contributed by atoms with Crippen molar-refractivity contribution in [2.24, 2.45) is 5.92 Å². The number of carboxylic acid groups (broad SMARTS) is 1. The van der Waals surface area contributed by atoms with Crippen LogP contribution in [0.5, 0.6) is 0 Å². The second kappa shape index (κ2) is 6.13. The summed E-state index contributed by atoms with van der Waals surface area (Å²) in [5.41, 5.74) is -1.16. The number of aliphatic carboxylic acids is 1. The lowest BCUT2D eigenvalue weighted by molar-refractivity contribution is -0.146. The maximum atomic E-state index is 13.3. The van der Waals surface area contributed by atoms with Gasteiger partial charge in [0.15, 0.2) is 0 Å². The van der Waals surface area contributed by atoms with E-state index in [2.05, 4.69) is 21.2 Å². The molecule has 1 aromatic rings. The molecular weight excluding hydrogens is 341 g/mol. The molecule has 2 rings (SSSR count). The number of rotatable bonds is 3. The second-order valence-corrected chi connectivity index (χ2v) is 6.52. The molecule has 4 nitrogen and oxygen atoms in total. The molecule has 0 heterocycles. The molecule has 0 bridgehead atoms. The lowest BCUT2D eigenvalue weighted by atomic mass is 9.76. The maximum Gasteiger partial charge on any atom is 0.329 e. The van der Waals surface area contributed by atoms with Gasteiger partial charge in [-0.2, -0.15) is 0 Å². The summed E-state index contributed by atoms with van der Waals surface area (Å²) in [6, 6.07) is 3.76. The number of nitrogens with one attached hydrogen (secondary N) is 1. The van der Waals surface area contributed by atoms with E-state index in [1.165, 1.54) is 12.1 Å². The Bertz CT molecular complexity index is 578. The minimum Gasteiger partial charge on any atom is -0.480 e. The van der Waals surface area contributed by atoms with Gasteiger partial charge in [-0.25, -0.2) is 9.18 Å². The SMILES string of the molecule is CC1CCCC(NC(=O)c2cc(F)ccc2Br)(C(=O)O)C1. The normalized spacial score (nSPS) is 25.4. The van der Waals surface area contributed by atoms with E-state index in [9.17, 15) is 19.1 Å². The molecule has 1 fully saturated rings. The van der Waals surface area contributed by atoms with Gasteiger partial charge in [-0.3, -0.25) is 4.79 Å². The van der Waals surface area contributed by atoms with Crippen LogP contribution in [-0.4, -0.2) is 22.5 Å². The Morgan fingerprint density at radius 1 is 1.48 bits per heavy atom. The molecular formula is C15H17BrFNO3. The maximum absolute atomic E-state index is 13.3. The van der Waals surface area contributed by atoms with Gasteiger partial charge in [-0.15, -0.1) is 0 Å². The summed E-state index contributed by atoms with van der Waals surface area (Å²) in [5, 5.41) is 12.1. The van der Waals surface area contributed by atoms with Gasteiger partial charge in [0.25, 0.3) is 5.91 Å². The number of halogens is 2. The molecule has 0 spiro atoms. The zero-order valence-electron chi connectivity index (χ0n) is 11.7. The Kier molecular flexibility index (Phi) is 4.66. The zero-order valence-corrected chi connectivity index (χ0v) is 13.2. The molecule has 2 N–H and O–H groups in total. The highest BCUT2D eigenvalue weighted by Crippen LogP contribution is 2.33. The van der Waals surface area contributed by atoms with Crippen LogP contribution in [0.15, 0.2) is 22.7 Å². The summed E-state index contributed by atoms with van der Waals surface area (Å²) in [5.74, 6) is -1.91. The van der Waals surface area contributed by atoms with Crippen LogP contribution >= 0.6 is 15.9 Å². The van der Waals surface area contributed by atoms with Gasteiger partial charge in [0.05, 0.1) is 5.56 Å². The molecule has 6 heteroatoms. The van der Waals surface area contributed by atoms with E-state index in [1.54, 1.807) is 0 Å². The van der Waals surface area contributed by atoms with E-state index in [0.717, 1.165) is 18.9 Å². The summed E-state index contributed by atoms with van der Waals surface area (Å²) >= 11 is 3.19. The number of carbonyl (C=O) groups excluding carboxylic acids is 1. The highest BCUT2D eigenvalue weighted by Gasteiger charge is 2.43. The van der Waals surface area contributed by atoms with Gasteiger partial charge in [0.2, 0.25) is 0 Å². The second-order valence-electron chi connectivity index (χ2n) is 5.67. The van der Waals surface area contributed by atoms with E-state index in [0.29, 0.717) is 17.3 Å². The number of hydrogen-bond acceptors (Lipinski definition) is 2. The van der Waals surface area contributed by atoms with Crippen molar-refractivity contribution >= 4 is 27.8 Å². The van der Waals surface area contributed by atoms with Crippen LogP contribution in [0, 0.1) is 11.7 Å². The van der Waals surface area contributed by atoms with Crippen molar-refractivity contribution in [2.75, 3.05) is 0 Å². The molecule has 0 saturated heterocycles. The quantitative estimate of drug-likeness (QED) is 0.871. The standard InChI is InChI=1S/C15H17BrFNO3/c1-9-3-2-6-15(8-9,14(20)21)18-13(19)11-7-10(17)4-5-12(11)16/h4-5,7,9H,2-3,6,8H2,1H3,(H,18,19)(H,20,21). The molecule has 0 aromatic heterocycles. The third-order valence-electron chi connectivity index (χ3n) is 3.93. The van der Waals surface area contributed by atoms with Crippen molar-refractivity contribution in [3.05, 3.63) is 34.1 Å². The minimum atomic E-state index is -1.26. The van der Waals surface area contributed by atoms with E-state index in [4.69, 9.17) is 0 Å². The smallest absolute Gasteiger partial charge is 0.329 e. The Morgan fingerprint density at radius 3 is 2.81 bits per heavy atom. The lowest BCUT2D eigenvalue weighted by Crippen LogP contribution is -2.56. The molecule has 21 heavy (non-hydrogen) atoms. The third-order valence-corrected chi connectivity index (χ3v) is 4.62. The van der Waals surface area contributed by atoms with Crippen molar-refractivity contribution in [3.8, 4) is 0 Å². The molecule has 114 valence electrons. The molecule has 2 unspecified atom stereocenters. The van der Waals surface area contributed by atoms with Gasteiger partial charge < -0.3 is 10.4 Å². The molecule has 0 radical (unpaired) electrons. The fourth-order valence-corrected chi connectivity index (χ4v) is 3.30. The zero-order chi connectivity index (χ0) is 15.6. The van der Waals surface area contributed by atoms with E-state index in [-0.39, 0.29) is 11.5 Å². The summed E-state index contributed by atoms with van der Waals surface area (Å²) in [6.45, 7) is 1.97. The van der Waals surface area contributed by atoms with Crippen LogP contribution in [0.4, 0.5) is 4.39 Å². The largest absolute Gasteiger partial charge is 0.480 e. The van der Waals surface area contributed by atoms with Gasteiger partial charge in [0.1, 0.15) is 11.4 Å². The molecule has 1 amide bonds. The molecule has 2 atom stereocenters. The lowest BCUT2D eigenvalue weighted by Gasteiger charge is -2.37. The summed E-state index contributed by atoms with van der Waals surface area (Å²) in [4.78, 5) is 24.0. The van der Waals surface area contributed by atoms with Crippen molar-refractivity contribution < 1.29 is 19.1 Å². The predicted molar refractivity (Wildman–Crippen MR) is 79.6 cm³/mol. The Balaban J connectivity index is 2.27. The van der Waals surface area contributed by atoms with Crippen LogP contribution in [0.25, 0.3) is 0 Å². The van der Waals surface area contributed by atoms with Crippen LogP contribution in [-0.2, 0) is 4.79 Å². The van der Waals surface area contributed by atoms with Gasteiger partial charge in [-0.05, 0) is 52.9 Å².